The molecule has 0 aromatic heterocycles. The normalized spacial score (nSPS) is 36.5. The van der Waals surface area contributed by atoms with Crippen molar-refractivity contribution in [2.75, 3.05) is 7.05 Å². The molecule has 1 aliphatic rings. The van der Waals surface area contributed by atoms with Gasteiger partial charge in [-0.15, -0.1) is 0 Å². The third-order valence-electron chi connectivity index (χ3n) is 4.28. The molecule has 0 aromatic rings. The van der Waals surface area contributed by atoms with Crippen LogP contribution in [-0.4, -0.2) is 29.9 Å². The summed E-state index contributed by atoms with van der Waals surface area (Å²) in [5.41, 5.74) is 3.39. The van der Waals surface area contributed by atoms with Crippen molar-refractivity contribution in [1.29, 1.82) is 0 Å². The van der Waals surface area contributed by atoms with E-state index in [1.807, 2.05) is 14.0 Å². The predicted octanol–water partition coefficient (Wildman–Crippen LogP) is 1.83. The van der Waals surface area contributed by atoms with Gasteiger partial charge in [-0.25, -0.2) is 5.01 Å². The highest BCUT2D eigenvalue weighted by Crippen LogP contribution is 2.40. The Hall–Kier alpha value is -0.410. The summed E-state index contributed by atoms with van der Waals surface area (Å²) in [7, 11) is 1.97. The zero-order chi connectivity index (χ0) is 11.6. The number of hydrogen-bond donors (Lipinski definition) is 1. The number of hydrazine groups is 1. The van der Waals surface area contributed by atoms with E-state index in [2.05, 4.69) is 31.2 Å². The molecule has 1 aliphatic heterocycles. The minimum atomic E-state index is 0.106. The molecule has 3 nitrogen and oxygen atoms in total. The van der Waals surface area contributed by atoms with Gasteiger partial charge in [-0.3, -0.25) is 5.43 Å². The van der Waals surface area contributed by atoms with Gasteiger partial charge in [0.15, 0.2) is 0 Å². The van der Waals surface area contributed by atoms with Crippen molar-refractivity contribution in [3.05, 3.63) is 0 Å². The molecule has 0 saturated carbocycles. The molecule has 15 heavy (non-hydrogen) atoms. The maximum atomic E-state index is 10.9. The van der Waals surface area contributed by atoms with E-state index < -0.39 is 0 Å². The average molecular weight is 212 g/mol. The van der Waals surface area contributed by atoms with Gasteiger partial charge in [0.2, 0.25) is 0 Å². The number of hydrogen-bond acceptors (Lipinski definition) is 3. The number of rotatable bonds is 4. The fourth-order valence-corrected chi connectivity index (χ4v) is 2.86. The van der Waals surface area contributed by atoms with Crippen LogP contribution in [0.3, 0.4) is 0 Å². The first-order valence-electron chi connectivity index (χ1n) is 5.89. The second-order valence-corrected chi connectivity index (χ2v) is 5.12. The van der Waals surface area contributed by atoms with Crippen LogP contribution in [-0.2, 0) is 4.79 Å². The number of aldehydes is 1. The largest absolute Gasteiger partial charge is 0.303 e. The van der Waals surface area contributed by atoms with E-state index in [0.29, 0.717) is 12.0 Å². The maximum Gasteiger partial charge on any atom is 0.123 e. The van der Waals surface area contributed by atoms with Gasteiger partial charge < -0.3 is 4.79 Å². The van der Waals surface area contributed by atoms with Gasteiger partial charge in [0.25, 0.3) is 0 Å². The highest BCUT2D eigenvalue weighted by Gasteiger charge is 2.45. The smallest absolute Gasteiger partial charge is 0.123 e. The van der Waals surface area contributed by atoms with E-state index in [1.165, 1.54) is 6.42 Å². The Morgan fingerprint density at radius 2 is 2.13 bits per heavy atom. The highest BCUT2D eigenvalue weighted by atomic mass is 16.1. The average Bonchev–Trinajstić information content (AvgIpc) is 2.53. The van der Waals surface area contributed by atoms with Gasteiger partial charge in [0.1, 0.15) is 6.29 Å². The fourth-order valence-electron chi connectivity index (χ4n) is 2.86. The molecule has 0 radical (unpaired) electrons. The van der Waals surface area contributed by atoms with Crippen LogP contribution in [0.2, 0.25) is 0 Å². The molecule has 0 amide bonds. The molecule has 0 spiro atoms. The minimum Gasteiger partial charge on any atom is -0.303 e. The van der Waals surface area contributed by atoms with Crippen molar-refractivity contribution in [2.24, 2.45) is 11.8 Å². The Bertz CT molecular complexity index is 232. The summed E-state index contributed by atoms with van der Waals surface area (Å²) in [5.74, 6) is 0.503. The van der Waals surface area contributed by atoms with Gasteiger partial charge >= 0.3 is 0 Å². The Morgan fingerprint density at radius 3 is 2.60 bits per heavy atom. The standard InChI is InChI=1S/C12H24N2O/c1-9(8-15)11(3)12(4)7-6-10(2)14(12)13-5/h8-11,13H,6-7H2,1-5H3/t9?,10-,11?,12?/m1/s1. The van der Waals surface area contributed by atoms with Crippen LogP contribution in [0.4, 0.5) is 0 Å². The summed E-state index contributed by atoms with van der Waals surface area (Å²) in [6.45, 7) is 8.69. The minimum absolute atomic E-state index is 0.106. The van der Waals surface area contributed by atoms with E-state index in [0.717, 1.165) is 12.7 Å². The van der Waals surface area contributed by atoms with Gasteiger partial charge in [-0.05, 0) is 39.7 Å². The van der Waals surface area contributed by atoms with Gasteiger partial charge in [-0.1, -0.05) is 13.8 Å². The SMILES string of the molecule is CNN1[C@H](C)CCC1(C)C(C)C(C)C=O. The van der Waals surface area contributed by atoms with Crippen molar-refractivity contribution in [2.45, 2.75) is 52.1 Å². The first-order valence-corrected chi connectivity index (χ1v) is 5.89. The van der Waals surface area contributed by atoms with Crippen molar-refractivity contribution >= 4 is 6.29 Å². The Kier molecular flexibility index (Phi) is 3.90. The second-order valence-electron chi connectivity index (χ2n) is 5.12. The van der Waals surface area contributed by atoms with E-state index in [9.17, 15) is 4.79 Å². The van der Waals surface area contributed by atoms with Crippen LogP contribution in [0.1, 0.15) is 40.5 Å². The molecule has 3 heteroatoms. The predicted molar refractivity (Wildman–Crippen MR) is 62.4 cm³/mol. The molecule has 1 heterocycles. The molecule has 1 rings (SSSR count). The summed E-state index contributed by atoms with van der Waals surface area (Å²) < 4.78 is 0. The third-order valence-corrected chi connectivity index (χ3v) is 4.28. The van der Waals surface area contributed by atoms with Crippen LogP contribution in [0.15, 0.2) is 0 Å². The summed E-state index contributed by atoms with van der Waals surface area (Å²) >= 11 is 0. The summed E-state index contributed by atoms with van der Waals surface area (Å²) in [6, 6.07) is 0.557. The Morgan fingerprint density at radius 1 is 1.53 bits per heavy atom. The molecule has 1 saturated heterocycles. The first-order chi connectivity index (χ1) is 6.97. The number of carbonyl (C=O) groups is 1. The van der Waals surface area contributed by atoms with Crippen molar-refractivity contribution < 1.29 is 4.79 Å². The van der Waals surface area contributed by atoms with Crippen LogP contribution in [0, 0.1) is 11.8 Å². The first kappa shape index (κ1) is 12.7. The van der Waals surface area contributed by atoms with Crippen molar-refractivity contribution in [1.82, 2.24) is 10.4 Å². The lowest BCUT2D eigenvalue weighted by Crippen LogP contribution is -2.55. The molecule has 88 valence electrons. The second kappa shape index (κ2) is 4.62. The van der Waals surface area contributed by atoms with E-state index in [-0.39, 0.29) is 11.5 Å². The zero-order valence-electron chi connectivity index (χ0n) is 10.6. The molecule has 0 aromatic carbocycles. The number of carbonyl (C=O) groups excluding carboxylic acids is 1. The number of nitrogens with one attached hydrogen (secondary N) is 1. The third kappa shape index (κ3) is 2.08. The number of nitrogens with zero attached hydrogens (tertiary/aromatic N) is 1. The lowest BCUT2D eigenvalue weighted by atomic mass is 9.78. The lowest BCUT2D eigenvalue weighted by molar-refractivity contribution is -0.114. The van der Waals surface area contributed by atoms with Gasteiger partial charge in [-0.2, -0.15) is 0 Å². The van der Waals surface area contributed by atoms with Crippen molar-refractivity contribution in [3.8, 4) is 0 Å². The topological polar surface area (TPSA) is 32.3 Å². The molecular weight excluding hydrogens is 188 g/mol. The molecule has 3 unspecified atom stereocenters. The zero-order valence-corrected chi connectivity index (χ0v) is 10.6. The van der Waals surface area contributed by atoms with Gasteiger partial charge in [0.05, 0.1) is 0 Å². The molecule has 1 N–H and O–H groups in total. The van der Waals surface area contributed by atoms with E-state index in [1.54, 1.807) is 0 Å². The summed E-state index contributed by atoms with van der Waals surface area (Å²) in [4.78, 5) is 10.9. The van der Waals surface area contributed by atoms with Crippen LogP contribution < -0.4 is 5.43 Å². The molecule has 1 fully saturated rings. The quantitative estimate of drug-likeness (QED) is 0.722. The Labute approximate surface area is 93.2 Å². The van der Waals surface area contributed by atoms with Crippen molar-refractivity contribution in [3.63, 3.8) is 0 Å². The van der Waals surface area contributed by atoms with Crippen LogP contribution in [0.5, 0.6) is 0 Å². The summed E-state index contributed by atoms with van der Waals surface area (Å²) in [5, 5.41) is 2.32. The molecule has 4 atom stereocenters. The monoisotopic (exact) mass is 212 g/mol. The van der Waals surface area contributed by atoms with E-state index >= 15 is 0 Å². The fraction of sp³-hybridized carbons (Fsp3) is 0.917. The van der Waals surface area contributed by atoms with Gasteiger partial charge in [0, 0.05) is 17.5 Å². The maximum absolute atomic E-state index is 10.9. The van der Waals surface area contributed by atoms with Crippen LogP contribution >= 0.6 is 0 Å². The highest BCUT2D eigenvalue weighted by molar-refractivity contribution is 5.53. The summed E-state index contributed by atoms with van der Waals surface area (Å²) in [6.07, 6.45) is 3.44. The Balaban J connectivity index is 2.85. The molecular formula is C12H24N2O. The lowest BCUT2D eigenvalue weighted by Gasteiger charge is -2.42. The molecule has 0 aliphatic carbocycles. The van der Waals surface area contributed by atoms with Crippen LogP contribution in [0.25, 0.3) is 0 Å². The molecule has 0 bridgehead atoms. The van der Waals surface area contributed by atoms with E-state index in [4.69, 9.17) is 0 Å².